The Labute approximate surface area is 151 Å². The fourth-order valence-corrected chi connectivity index (χ4v) is 3.11. The molecule has 0 heterocycles. The molecule has 0 saturated carbocycles. The zero-order valence-corrected chi connectivity index (χ0v) is 14.9. The van der Waals surface area contributed by atoms with Crippen molar-refractivity contribution in [3.8, 4) is 0 Å². The Balaban J connectivity index is 2.02. The maximum Gasteiger partial charge on any atom is 0.339 e. The highest BCUT2D eigenvalue weighted by atomic mass is 35.5. The topological polar surface area (TPSA) is 72.5 Å². The summed E-state index contributed by atoms with van der Waals surface area (Å²) in [6.45, 7) is -0.523. The van der Waals surface area contributed by atoms with E-state index in [-0.39, 0.29) is 21.3 Å². The van der Waals surface area contributed by atoms with Gasteiger partial charge in [0.25, 0.3) is 5.91 Å². The molecule has 1 amide bonds. The Morgan fingerprint density at radius 2 is 1.71 bits per heavy atom. The van der Waals surface area contributed by atoms with Gasteiger partial charge in [-0.1, -0.05) is 41.4 Å². The molecule has 0 fully saturated rings. The van der Waals surface area contributed by atoms with Gasteiger partial charge in [0.1, 0.15) is 0 Å². The summed E-state index contributed by atoms with van der Waals surface area (Å²) in [6.07, 6.45) is 1.46. The van der Waals surface area contributed by atoms with E-state index in [4.69, 9.17) is 27.9 Å². The average molecular weight is 386 g/mol. The third-order valence-electron chi connectivity index (χ3n) is 2.98. The molecule has 0 radical (unpaired) electrons. The Kier molecular flexibility index (Phi) is 6.36. The van der Waals surface area contributed by atoms with Gasteiger partial charge in [-0.15, -0.1) is 0 Å². The standard InChI is InChI=1S/C16H13Cl2NO4S/c1-24(22)13-8-3-2-5-10(13)16(21)23-9-14(20)19-15-11(17)6-4-7-12(15)18/h2-8H,9H2,1H3,(H,19,20)/t24-/m0/s1. The second kappa shape index (κ2) is 8.28. The lowest BCUT2D eigenvalue weighted by molar-refractivity contribution is -0.119. The van der Waals surface area contributed by atoms with Gasteiger partial charge < -0.3 is 10.1 Å². The first kappa shape index (κ1) is 18.4. The van der Waals surface area contributed by atoms with Crippen molar-refractivity contribution in [3.63, 3.8) is 0 Å². The van der Waals surface area contributed by atoms with Crippen LogP contribution in [0, 0.1) is 0 Å². The predicted molar refractivity (Wildman–Crippen MR) is 94.1 cm³/mol. The number of nitrogens with one attached hydrogen (secondary N) is 1. The Morgan fingerprint density at radius 3 is 2.33 bits per heavy atom. The lowest BCUT2D eigenvalue weighted by atomic mass is 10.2. The molecular weight excluding hydrogens is 373 g/mol. The normalized spacial score (nSPS) is 11.6. The first-order valence-electron chi connectivity index (χ1n) is 6.73. The van der Waals surface area contributed by atoms with Crippen molar-refractivity contribution in [2.45, 2.75) is 4.90 Å². The molecule has 2 aromatic carbocycles. The average Bonchev–Trinajstić information content (AvgIpc) is 2.56. The molecule has 126 valence electrons. The Hall–Kier alpha value is -1.89. The van der Waals surface area contributed by atoms with Gasteiger partial charge in [-0.3, -0.25) is 9.00 Å². The maximum absolute atomic E-state index is 12.1. The summed E-state index contributed by atoms with van der Waals surface area (Å²) in [4.78, 5) is 24.3. The molecule has 5 nitrogen and oxygen atoms in total. The van der Waals surface area contributed by atoms with Gasteiger partial charge >= 0.3 is 5.97 Å². The van der Waals surface area contributed by atoms with Crippen LogP contribution in [0.5, 0.6) is 0 Å². The number of rotatable bonds is 5. The molecule has 0 aliphatic heterocycles. The van der Waals surface area contributed by atoms with E-state index in [9.17, 15) is 13.8 Å². The summed E-state index contributed by atoms with van der Waals surface area (Å²) in [6, 6.07) is 11.1. The van der Waals surface area contributed by atoms with Gasteiger partial charge in [-0.2, -0.15) is 0 Å². The monoisotopic (exact) mass is 385 g/mol. The SMILES string of the molecule is C[S@](=O)c1ccccc1C(=O)OCC(=O)Nc1c(Cl)cccc1Cl. The number of esters is 1. The van der Waals surface area contributed by atoms with Crippen molar-refractivity contribution in [2.24, 2.45) is 0 Å². The quantitative estimate of drug-likeness (QED) is 0.798. The summed E-state index contributed by atoms with van der Waals surface area (Å²) >= 11 is 11.9. The Bertz CT molecular complexity index is 790. The van der Waals surface area contributed by atoms with E-state index in [0.717, 1.165) is 0 Å². The van der Waals surface area contributed by atoms with Crippen LogP contribution in [-0.4, -0.2) is 28.9 Å². The lowest BCUT2D eigenvalue weighted by Crippen LogP contribution is -2.21. The number of halogens is 2. The molecule has 8 heteroatoms. The summed E-state index contributed by atoms with van der Waals surface area (Å²) in [5.41, 5.74) is 0.402. The molecule has 0 unspecified atom stereocenters. The van der Waals surface area contributed by atoms with E-state index >= 15 is 0 Å². The molecule has 0 aliphatic carbocycles. The second-order valence-electron chi connectivity index (χ2n) is 4.67. The van der Waals surface area contributed by atoms with Crippen molar-refractivity contribution in [2.75, 3.05) is 18.2 Å². The highest BCUT2D eigenvalue weighted by Crippen LogP contribution is 2.29. The lowest BCUT2D eigenvalue weighted by Gasteiger charge is -2.10. The molecule has 0 spiro atoms. The van der Waals surface area contributed by atoms with Crippen LogP contribution in [-0.2, 0) is 20.3 Å². The number of carbonyl (C=O) groups is 2. The number of para-hydroxylation sites is 1. The summed E-state index contributed by atoms with van der Waals surface area (Å²) in [7, 11) is -1.35. The van der Waals surface area contributed by atoms with Crippen LogP contribution in [0.25, 0.3) is 0 Å². The fraction of sp³-hybridized carbons (Fsp3) is 0.125. The first-order valence-corrected chi connectivity index (χ1v) is 9.05. The first-order chi connectivity index (χ1) is 11.4. The van der Waals surface area contributed by atoms with Gasteiger partial charge in [0.2, 0.25) is 0 Å². The minimum Gasteiger partial charge on any atom is -0.452 e. The molecule has 0 aliphatic rings. The minimum atomic E-state index is -1.35. The zero-order valence-electron chi connectivity index (χ0n) is 12.5. The maximum atomic E-state index is 12.1. The molecule has 1 atom stereocenters. The molecule has 24 heavy (non-hydrogen) atoms. The highest BCUT2D eigenvalue weighted by Gasteiger charge is 2.17. The van der Waals surface area contributed by atoms with Crippen molar-refractivity contribution in [3.05, 3.63) is 58.1 Å². The summed E-state index contributed by atoms with van der Waals surface area (Å²) < 4.78 is 16.6. The van der Waals surface area contributed by atoms with Crippen LogP contribution in [0.2, 0.25) is 10.0 Å². The zero-order chi connectivity index (χ0) is 17.7. The number of hydrogen-bond acceptors (Lipinski definition) is 4. The van der Waals surface area contributed by atoms with Gasteiger partial charge in [0, 0.05) is 6.26 Å². The number of anilines is 1. The third-order valence-corrected chi connectivity index (χ3v) is 4.58. The largest absolute Gasteiger partial charge is 0.452 e. The third kappa shape index (κ3) is 4.56. The number of benzene rings is 2. The van der Waals surface area contributed by atoms with E-state index in [1.165, 1.54) is 12.3 Å². The van der Waals surface area contributed by atoms with Crippen molar-refractivity contribution in [1.82, 2.24) is 0 Å². The van der Waals surface area contributed by atoms with E-state index in [2.05, 4.69) is 5.32 Å². The van der Waals surface area contributed by atoms with Crippen molar-refractivity contribution >= 4 is 51.6 Å². The van der Waals surface area contributed by atoms with Crippen molar-refractivity contribution in [1.29, 1.82) is 0 Å². The molecule has 0 aromatic heterocycles. The van der Waals surface area contributed by atoms with Crippen LogP contribution in [0.1, 0.15) is 10.4 Å². The minimum absolute atomic E-state index is 0.155. The molecular formula is C16H13Cl2NO4S. The van der Waals surface area contributed by atoms with Gasteiger partial charge in [-0.25, -0.2) is 4.79 Å². The van der Waals surface area contributed by atoms with Crippen LogP contribution < -0.4 is 5.32 Å². The fourth-order valence-electron chi connectivity index (χ4n) is 1.89. The van der Waals surface area contributed by atoms with Crippen LogP contribution >= 0.6 is 23.2 Å². The molecule has 1 N–H and O–H groups in total. The number of ether oxygens (including phenoxy) is 1. The Morgan fingerprint density at radius 1 is 1.08 bits per heavy atom. The van der Waals surface area contributed by atoms with Crippen LogP contribution in [0.4, 0.5) is 5.69 Å². The molecule has 0 saturated heterocycles. The van der Waals surface area contributed by atoms with Gasteiger partial charge in [-0.05, 0) is 24.3 Å². The van der Waals surface area contributed by atoms with Gasteiger partial charge in [0.15, 0.2) is 6.61 Å². The second-order valence-corrected chi connectivity index (χ2v) is 6.83. The number of carbonyl (C=O) groups excluding carboxylic acids is 2. The number of amides is 1. The summed E-state index contributed by atoms with van der Waals surface area (Å²) in [5.74, 6) is -1.32. The van der Waals surface area contributed by atoms with Crippen LogP contribution in [0.3, 0.4) is 0 Å². The van der Waals surface area contributed by atoms with Crippen molar-refractivity contribution < 1.29 is 18.5 Å². The van der Waals surface area contributed by atoms with E-state index in [1.54, 1.807) is 36.4 Å². The van der Waals surface area contributed by atoms with E-state index < -0.39 is 29.3 Å². The van der Waals surface area contributed by atoms with E-state index in [0.29, 0.717) is 4.90 Å². The van der Waals surface area contributed by atoms with Crippen LogP contribution in [0.15, 0.2) is 47.4 Å². The summed E-state index contributed by atoms with van der Waals surface area (Å²) in [5, 5.41) is 3.03. The number of hydrogen-bond donors (Lipinski definition) is 1. The molecule has 2 rings (SSSR count). The van der Waals surface area contributed by atoms with Gasteiger partial charge in [0.05, 0.1) is 37.0 Å². The highest BCUT2D eigenvalue weighted by molar-refractivity contribution is 7.84. The molecule has 2 aromatic rings. The predicted octanol–water partition coefficient (Wildman–Crippen LogP) is 3.53. The van der Waals surface area contributed by atoms with E-state index in [1.807, 2.05) is 0 Å². The smallest absolute Gasteiger partial charge is 0.339 e. The molecule has 0 bridgehead atoms.